The van der Waals surface area contributed by atoms with Crippen LogP contribution < -0.4 is 15.8 Å². The molecule has 0 unspecified atom stereocenters. The molecule has 0 radical (unpaired) electrons. The zero-order chi connectivity index (χ0) is 20.7. The summed E-state index contributed by atoms with van der Waals surface area (Å²) in [5.41, 5.74) is 5.90. The van der Waals surface area contributed by atoms with Crippen LogP contribution in [-0.2, 0) is 14.3 Å². The van der Waals surface area contributed by atoms with E-state index >= 15 is 0 Å². The molecule has 28 heavy (non-hydrogen) atoms. The van der Waals surface area contributed by atoms with Crippen molar-refractivity contribution >= 4 is 40.2 Å². The van der Waals surface area contributed by atoms with E-state index in [-0.39, 0.29) is 16.3 Å². The molecule has 148 valence electrons. The number of alkyl halides is 2. The molecule has 0 saturated heterocycles. The molecular weight excluding hydrogens is 394 g/mol. The van der Waals surface area contributed by atoms with Gasteiger partial charge in [0.05, 0.1) is 5.56 Å². The van der Waals surface area contributed by atoms with Crippen molar-refractivity contribution in [2.24, 2.45) is 5.73 Å². The number of esters is 1. The van der Waals surface area contributed by atoms with Crippen molar-refractivity contribution in [1.82, 2.24) is 0 Å². The van der Waals surface area contributed by atoms with E-state index in [1.54, 1.807) is 5.38 Å². The van der Waals surface area contributed by atoms with Gasteiger partial charge in [-0.15, -0.1) is 11.3 Å². The first-order valence-electron chi connectivity index (χ1n) is 7.88. The van der Waals surface area contributed by atoms with Crippen LogP contribution in [0, 0.1) is 0 Å². The molecule has 7 nitrogen and oxygen atoms in total. The summed E-state index contributed by atoms with van der Waals surface area (Å²) in [5.74, 6) is -2.10. The number of carbonyl (C=O) groups excluding carboxylic acids is 3. The Morgan fingerprint density at radius 3 is 2.46 bits per heavy atom. The third kappa shape index (κ3) is 6.16. The lowest BCUT2D eigenvalue weighted by molar-refractivity contribution is -0.148. The van der Waals surface area contributed by atoms with E-state index in [2.05, 4.69) is 10.1 Å². The van der Waals surface area contributed by atoms with E-state index in [0.29, 0.717) is 5.56 Å². The fourth-order valence-corrected chi connectivity index (χ4v) is 2.80. The molecule has 2 rings (SSSR count). The lowest BCUT2D eigenvalue weighted by Gasteiger charge is -2.12. The Morgan fingerprint density at radius 1 is 1.18 bits per heavy atom. The van der Waals surface area contributed by atoms with Gasteiger partial charge in [-0.3, -0.25) is 9.59 Å². The average Bonchev–Trinajstić information content (AvgIpc) is 3.09. The van der Waals surface area contributed by atoms with Gasteiger partial charge in [0.25, 0.3) is 11.8 Å². The van der Waals surface area contributed by atoms with Gasteiger partial charge in [0.1, 0.15) is 10.8 Å². The molecule has 1 atom stereocenters. The van der Waals surface area contributed by atoms with Crippen LogP contribution in [0.25, 0.3) is 6.08 Å². The SMILES string of the molecule is C[C@@H](OC(=O)/C=C/c1ccc(OC(F)F)cc1)C(=O)Nc1sccc1C(N)=O. The number of amides is 2. The summed E-state index contributed by atoms with van der Waals surface area (Å²) >= 11 is 1.11. The van der Waals surface area contributed by atoms with E-state index in [1.165, 1.54) is 43.3 Å². The monoisotopic (exact) mass is 410 g/mol. The van der Waals surface area contributed by atoms with Gasteiger partial charge >= 0.3 is 12.6 Å². The van der Waals surface area contributed by atoms with Crippen LogP contribution in [0.5, 0.6) is 5.75 Å². The van der Waals surface area contributed by atoms with Gasteiger partial charge in [-0.1, -0.05) is 12.1 Å². The van der Waals surface area contributed by atoms with Crippen LogP contribution in [0.1, 0.15) is 22.8 Å². The molecule has 0 fully saturated rings. The summed E-state index contributed by atoms with van der Waals surface area (Å²) in [5, 5.41) is 4.33. The molecule has 1 aromatic heterocycles. The Kier molecular flexibility index (Phi) is 7.21. The van der Waals surface area contributed by atoms with Crippen LogP contribution in [0.15, 0.2) is 41.8 Å². The Hall–Kier alpha value is -3.27. The molecule has 0 bridgehead atoms. The van der Waals surface area contributed by atoms with Crippen LogP contribution in [-0.4, -0.2) is 30.5 Å². The first-order chi connectivity index (χ1) is 13.3. The maximum Gasteiger partial charge on any atom is 0.387 e. The second-order valence-corrected chi connectivity index (χ2v) is 6.29. The Labute approximate surface area is 162 Å². The minimum atomic E-state index is -2.92. The van der Waals surface area contributed by atoms with E-state index < -0.39 is 30.5 Å². The van der Waals surface area contributed by atoms with Gasteiger partial charge < -0.3 is 20.5 Å². The summed E-state index contributed by atoms with van der Waals surface area (Å²) < 4.78 is 33.4. The lowest BCUT2D eigenvalue weighted by Crippen LogP contribution is -2.29. The molecule has 0 aliphatic heterocycles. The quantitative estimate of drug-likeness (QED) is 0.514. The number of nitrogens with two attached hydrogens (primary N) is 1. The van der Waals surface area contributed by atoms with Crippen LogP contribution in [0.4, 0.5) is 13.8 Å². The third-order valence-electron chi connectivity index (χ3n) is 3.35. The predicted octanol–water partition coefficient (Wildman–Crippen LogP) is 3.03. The number of rotatable bonds is 8. The highest BCUT2D eigenvalue weighted by Crippen LogP contribution is 2.23. The standard InChI is InChI=1S/C18H16F2N2O5S/c1-10(16(25)22-17-13(15(21)24)8-9-28-17)26-14(23)7-4-11-2-5-12(6-3-11)27-18(19)20/h2-10,18H,1H3,(H2,21,24)(H,22,25)/b7-4+/t10-/m1/s1. The first-order valence-corrected chi connectivity index (χ1v) is 8.76. The Morgan fingerprint density at radius 2 is 1.86 bits per heavy atom. The lowest BCUT2D eigenvalue weighted by atomic mass is 10.2. The van der Waals surface area contributed by atoms with Crippen molar-refractivity contribution in [3.63, 3.8) is 0 Å². The van der Waals surface area contributed by atoms with Crippen molar-refractivity contribution < 1.29 is 32.6 Å². The number of thiophene rings is 1. The van der Waals surface area contributed by atoms with Crippen molar-refractivity contribution in [1.29, 1.82) is 0 Å². The molecule has 2 aromatic rings. The van der Waals surface area contributed by atoms with Gasteiger partial charge in [0, 0.05) is 6.08 Å². The normalized spacial score (nSPS) is 12.0. The summed E-state index contributed by atoms with van der Waals surface area (Å²) in [7, 11) is 0. The largest absolute Gasteiger partial charge is 0.449 e. The topological polar surface area (TPSA) is 108 Å². The number of benzene rings is 1. The molecule has 0 spiro atoms. The zero-order valence-corrected chi connectivity index (χ0v) is 15.4. The maximum atomic E-state index is 12.1. The van der Waals surface area contributed by atoms with E-state index in [9.17, 15) is 23.2 Å². The van der Waals surface area contributed by atoms with Gasteiger partial charge in [-0.2, -0.15) is 8.78 Å². The fraction of sp³-hybridized carbons (Fsp3) is 0.167. The van der Waals surface area contributed by atoms with Crippen molar-refractivity contribution in [3.8, 4) is 5.75 Å². The number of hydrogen-bond donors (Lipinski definition) is 2. The molecule has 0 aliphatic carbocycles. The van der Waals surface area contributed by atoms with Crippen LogP contribution >= 0.6 is 11.3 Å². The molecule has 2 amide bonds. The van der Waals surface area contributed by atoms with Gasteiger partial charge in [0.2, 0.25) is 0 Å². The van der Waals surface area contributed by atoms with Crippen molar-refractivity contribution in [2.45, 2.75) is 19.6 Å². The minimum Gasteiger partial charge on any atom is -0.449 e. The van der Waals surface area contributed by atoms with Gasteiger partial charge in [0.15, 0.2) is 6.10 Å². The molecule has 0 aliphatic rings. The molecular formula is C18H16F2N2O5S. The summed E-state index contributed by atoms with van der Waals surface area (Å²) in [6.45, 7) is -1.55. The number of nitrogens with one attached hydrogen (secondary N) is 1. The van der Waals surface area contributed by atoms with Gasteiger partial charge in [-0.05, 0) is 42.1 Å². The number of halogens is 2. The van der Waals surface area contributed by atoms with E-state index in [0.717, 1.165) is 17.4 Å². The number of anilines is 1. The minimum absolute atomic E-state index is 0.0103. The highest BCUT2D eigenvalue weighted by Gasteiger charge is 2.19. The number of carbonyl (C=O) groups is 3. The predicted molar refractivity (Wildman–Crippen MR) is 99.1 cm³/mol. The Bertz CT molecular complexity index is 880. The molecule has 1 aromatic carbocycles. The maximum absolute atomic E-state index is 12.1. The Balaban J connectivity index is 1.89. The van der Waals surface area contributed by atoms with Crippen LogP contribution in [0.3, 0.4) is 0 Å². The number of hydrogen-bond acceptors (Lipinski definition) is 6. The summed E-state index contributed by atoms with van der Waals surface area (Å²) in [6, 6.07) is 7.06. The summed E-state index contributed by atoms with van der Waals surface area (Å²) in [4.78, 5) is 35.2. The number of primary amides is 1. The van der Waals surface area contributed by atoms with Crippen LogP contribution in [0.2, 0.25) is 0 Å². The molecule has 1 heterocycles. The third-order valence-corrected chi connectivity index (χ3v) is 4.18. The van der Waals surface area contributed by atoms with E-state index in [4.69, 9.17) is 10.5 Å². The zero-order valence-electron chi connectivity index (χ0n) is 14.6. The molecule has 0 saturated carbocycles. The average molecular weight is 410 g/mol. The molecule has 10 heteroatoms. The second-order valence-electron chi connectivity index (χ2n) is 5.38. The van der Waals surface area contributed by atoms with Crippen molar-refractivity contribution in [2.75, 3.05) is 5.32 Å². The molecule has 3 N–H and O–H groups in total. The van der Waals surface area contributed by atoms with E-state index in [1.807, 2.05) is 0 Å². The number of ether oxygens (including phenoxy) is 2. The second kappa shape index (κ2) is 9.60. The van der Waals surface area contributed by atoms with Gasteiger partial charge in [-0.25, -0.2) is 4.79 Å². The highest BCUT2D eigenvalue weighted by atomic mass is 32.1. The first kappa shape index (κ1) is 21.0. The van der Waals surface area contributed by atoms with Crippen molar-refractivity contribution in [3.05, 3.63) is 52.9 Å². The summed E-state index contributed by atoms with van der Waals surface area (Å²) in [6.07, 6.45) is 1.36. The highest BCUT2D eigenvalue weighted by molar-refractivity contribution is 7.14. The fourth-order valence-electron chi connectivity index (χ4n) is 2.01. The smallest absolute Gasteiger partial charge is 0.387 e.